The molecule has 0 aliphatic rings. The molecule has 2 amide bonds. The second kappa shape index (κ2) is 8.78. The number of rotatable bonds is 3. The van der Waals surface area contributed by atoms with Gasteiger partial charge < -0.3 is 9.47 Å². The van der Waals surface area contributed by atoms with E-state index in [1.807, 2.05) is 65.8 Å². The maximum atomic E-state index is 12.8. The van der Waals surface area contributed by atoms with Crippen LogP contribution in [0.25, 0.3) is 0 Å². The van der Waals surface area contributed by atoms with E-state index < -0.39 is 12.2 Å². The maximum absolute atomic E-state index is 12.8. The Morgan fingerprint density at radius 1 is 0.893 bits per heavy atom. The van der Waals surface area contributed by atoms with E-state index in [4.69, 9.17) is 4.74 Å². The topological polar surface area (TPSA) is 67.9 Å². The lowest BCUT2D eigenvalue weighted by molar-refractivity contribution is 0.137. The molecule has 0 aliphatic heterocycles. The van der Waals surface area contributed by atoms with Crippen molar-refractivity contribution < 1.29 is 19.1 Å². The Labute approximate surface area is 166 Å². The third-order valence-corrected chi connectivity index (χ3v) is 5.26. The SMILES string of the molecule is COC(=O)NN(C(=O)OCc1ccc(C)c(C)c1C)c1cc(C)c(C)c(C)c1. The molecular formula is C22H28N2O4. The molecule has 1 N–H and O–H groups in total. The molecule has 150 valence electrons. The molecule has 2 aromatic rings. The third-order valence-electron chi connectivity index (χ3n) is 5.26. The van der Waals surface area contributed by atoms with Crippen LogP contribution in [0.1, 0.15) is 38.9 Å². The number of methoxy groups -OCH3 is 1. The summed E-state index contributed by atoms with van der Waals surface area (Å²) in [4.78, 5) is 24.5. The predicted octanol–water partition coefficient (Wildman–Crippen LogP) is 4.95. The molecule has 0 saturated carbocycles. The number of nitrogens with zero attached hydrogens (tertiary/aromatic N) is 1. The molecule has 0 unspecified atom stereocenters. The van der Waals surface area contributed by atoms with E-state index in [0.29, 0.717) is 5.69 Å². The number of amides is 2. The van der Waals surface area contributed by atoms with Crippen molar-refractivity contribution in [2.45, 2.75) is 48.1 Å². The molecule has 0 spiro atoms. The average molecular weight is 384 g/mol. The predicted molar refractivity (Wildman–Crippen MR) is 110 cm³/mol. The first-order valence-electron chi connectivity index (χ1n) is 9.10. The number of hydrogen-bond acceptors (Lipinski definition) is 4. The summed E-state index contributed by atoms with van der Waals surface area (Å²) >= 11 is 0. The smallest absolute Gasteiger partial charge is 0.433 e. The molecule has 2 rings (SSSR count). The van der Waals surface area contributed by atoms with E-state index >= 15 is 0 Å². The minimum atomic E-state index is -0.754. The van der Waals surface area contributed by atoms with Crippen LogP contribution in [0.4, 0.5) is 15.3 Å². The molecular weight excluding hydrogens is 356 g/mol. The van der Waals surface area contributed by atoms with Crippen LogP contribution in [-0.2, 0) is 16.1 Å². The van der Waals surface area contributed by atoms with Crippen molar-refractivity contribution in [2.24, 2.45) is 0 Å². The van der Waals surface area contributed by atoms with Crippen molar-refractivity contribution >= 4 is 17.9 Å². The number of ether oxygens (including phenoxy) is 2. The Balaban J connectivity index is 2.27. The van der Waals surface area contributed by atoms with Gasteiger partial charge in [0.25, 0.3) is 0 Å². The zero-order chi connectivity index (χ0) is 21.0. The number of nitrogens with one attached hydrogen (secondary N) is 1. The van der Waals surface area contributed by atoms with E-state index in [0.717, 1.165) is 32.8 Å². The summed E-state index contributed by atoms with van der Waals surface area (Å²) in [5.41, 5.74) is 10.4. The van der Waals surface area contributed by atoms with Gasteiger partial charge in [-0.15, -0.1) is 0 Å². The molecule has 0 saturated heterocycles. The van der Waals surface area contributed by atoms with E-state index in [9.17, 15) is 9.59 Å². The highest BCUT2D eigenvalue weighted by molar-refractivity contribution is 5.90. The van der Waals surface area contributed by atoms with Crippen LogP contribution in [0.3, 0.4) is 0 Å². The van der Waals surface area contributed by atoms with Gasteiger partial charge >= 0.3 is 12.2 Å². The van der Waals surface area contributed by atoms with Crippen LogP contribution in [0.2, 0.25) is 0 Å². The standard InChI is InChI=1S/C22H28N2O4/c1-13-8-9-19(18(6)17(13)5)12-28-22(26)24(23-21(25)27-7)20-10-14(2)16(4)15(3)11-20/h8-11H,12H2,1-7H3,(H,23,25). The van der Waals surface area contributed by atoms with Crippen LogP contribution in [0.15, 0.2) is 24.3 Å². The van der Waals surface area contributed by atoms with Gasteiger partial charge in [0.05, 0.1) is 12.8 Å². The van der Waals surface area contributed by atoms with Gasteiger partial charge in [0.2, 0.25) is 0 Å². The minimum Gasteiger partial charge on any atom is -0.452 e. The van der Waals surface area contributed by atoms with Crippen molar-refractivity contribution in [3.05, 3.63) is 63.2 Å². The van der Waals surface area contributed by atoms with Crippen molar-refractivity contribution in [2.75, 3.05) is 12.1 Å². The number of carbonyl (C=O) groups excluding carboxylic acids is 2. The molecule has 2 aromatic carbocycles. The molecule has 0 fully saturated rings. The van der Waals surface area contributed by atoms with Gasteiger partial charge in [-0.2, -0.15) is 5.01 Å². The van der Waals surface area contributed by atoms with Gasteiger partial charge in [-0.25, -0.2) is 15.0 Å². The maximum Gasteiger partial charge on any atom is 0.433 e. The lowest BCUT2D eigenvalue weighted by atomic mass is 9.99. The zero-order valence-corrected chi connectivity index (χ0v) is 17.6. The quantitative estimate of drug-likeness (QED) is 0.760. The number of anilines is 1. The van der Waals surface area contributed by atoms with Gasteiger partial charge in [0, 0.05) is 0 Å². The lowest BCUT2D eigenvalue weighted by Gasteiger charge is -2.23. The molecule has 0 aromatic heterocycles. The number of aryl methyl sites for hydroxylation is 3. The molecule has 0 heterocycles. The minimum absolute atomic E-state index is 0.106. The molecule has 0 atom stereocenters. The highest BCUT2D eigenvalue weighted by Gasteiger charge is 2.22. The second-order valence-electron chi connectivity index (χ2n) is 6.99. The van der Waals surface area contributed by atoms with Gasteiger partial charge in [-0.3, -0.25) is 0 Å². The van der Waals surface area contributed by atoms with Gasteiger partial charge in [-0.05, 0) is 92.6 Å². The summed E-state index contributed by atoms with van der Waals surface area (Å²) in [6, 6.07) is 7.59. The van der Waals surface area contributed by atoms with Crippen LogP contribution in [0.5, 0.6) is 0 Å². The third kappa shape index (κ3) is 4.63. The van der Waals surface area contributed by atoms with Crippen LogP contribution in [0, 0.1) is 41.5 Å². The average Bonchev–Trinajstić information content (AvgIpc) is 2.67. The fourth-order valence-electron chi connectivity index (χ4n) is 2.87. The number of hydrazine groups is 1. The van der Waals surface area contributed by atoms with E-state index in [1.165, 1.54) is 18.2 Å². The van der Waals surface area contributed by atoms with E-state index in [1.54, 1.807) is 0 Å². The van der Waals surface area contributed by atoms with Gasteiger partial charge in [-0.1, -0.05) is 12.1 Å². The largest absolute Gasteiger partial charge is 0.452 e. The Morgan fingerprint density at radius 3 is 2.07 bits per heavy atom. The number of benzene rings is 2. The molecule has 0 aliphatic carbocycles. The van der Waals surface area contributed by atoms with Crippen molar-refractivity contribution in [3.8, 4) is 0 Å². The molecule has 6 nitrogen and oxygen atoms in total. The summed E-state index contributed by atoms with van der Waals surface area (Å²) in [6.07, 6.45) is -1.44. The molecule has 0 bridgehead atoms. The molecule has 6 heteroatoms. The summed E-state index contributed by atoms with van der Waals surface area (Å²) < 4.78 is 10.1. The van der Waals surface area contributed by atoms with Crippen molar-refractivity contribution in [3.63, 3.8) is 0 Å². The second-order valence-corrected chi connectivity index (χ2v) is 6.99. The van der Waals surface area contributed by atoms with Crippen LogP contribution >= 0.6 is 0 Å². The normalized spacial score (nSPS) is 10.4. The summed E-state index contributed by atoms with van der Waals surface area (Å²) in [7, 11) is 1.24. The van der Waals surface area contributed by atoms with Crippen molar-refractivity contribution in [1.82, 2.24) is 5.43 Å². The highest BCUT2D eigenvalue weighted by atomic mass is 16.6. The van der Waals surface area contributed by atoms with Crippen molar-refractivity contribution in [1.29, 1.82) is 0 Å². The van der Waals surface area contributed by atoms with Crippen LogP contribution < -0.4 is 10.4 Å². The Morgan fingerprint density at radius 2 is 1.50 bits per heavy atom. The first kappa shape index (κ1) is 21.3. The summed E-state index contributed by atoms with van der Waals surface area (Å²) in [6.45, 7) is 12.1. The Bertz CT molecular complexity index is 883. The first-order chi connectivity index (χ1) is 13.1. The summed E-state index contributed by atoms with van der Waals surface area (Å²) in [5.74, 6) is 0. The Hall–Kier alpha value is -3.02. The van der Waals surface area contributed by atoms with E-state index in [2.05, 4.69) is 10.2 Å². The number of hydrogen-bond donors (Lipinski definition) is 1. The first-order valence-corrected chi connectivity index (χ1v) is 9.10. The fraction of sp³-hybridized carbons (Fsp3) is 0.364. The van der Waals surface area contributed by atoms with Crippen LogP contribution in [-0.4, -0.2) is 19.3 Å². The fourth-order valence-corrected chi connectivity index (χ4v) is 2.87. The zero-order valence-electron chi connectivity index (χ0n) is 17.6. The molecule has 28 heavy (non-hydrogen) atoms. The highest BCUT2D eigenvalue weighted by Crippen LogP contribution is 2.23. The summed E-state index contributed by atoms with van der Waals surface area (Å²) in [5, 5.41) is 1.07. The van der Waals surface area contributed by atoms with Gasteiger partial charge in [0.1, 0.15) is 6.61 Å². The number of carbonyl (C=O) groups is 2. The van der Waals surface area contributed by atoms with E-state index in [-0.39, 0.29) is 6.61 Å². The Kier molecular flexibility index (Phi) is 6.67. The molecule has 0 radical (unpaired) electrons. The monoisotopic (exact) mass is 384 g/mol. The lowest BCUT2D eigenvalue weighted by Crippen LogP contribution is -2.46. The van der Waals surface area contributed by atoms with Gasteiger partial charge in [0.15, 0.2) is 0 Å².